The summed E-state index contributed by atoms with van der Waals surface area (Å²) in [5, 5.41) is 3.11. The van der Waals surface area contributed by atoms with Gasteiger partial charge in [0.15, 0.2) is 0 Å². The zero-order valence-corrected chi connectivity index (χ0v) is 9.50. The number of aromatic nitrogens is 1. The van der Waals surface area contributed by atoms with Crippen LogP contribution >= 0.6 is 15.9 Å². The molecule has 0 radical (unpaired) electrons. The predicted octanol–water partition coefficient (Wildman–Crippen LogP) is 1.50. The van der Waals surface area contributed by atoms with Crippen molar-refractivity contribution in [2.24, 2.45) is 0 Å². The van der Waals surface area contributed by atoms with E-state index in [4.69, 9.17) is 0 Å². The molecule has 0 amide bonds. The highest BCUT2D eigenvalue weighted by molar-refractivity contribution is 9.10. The van der Waals surface area contributed by atoms with Crippen LogP contribution in [-0.4, -0.2) is 32.2 Å². The molecule has 1 N–H and O–H groups in total. The van der Waals surface area contributed by atoms with Gasteiger partial charge in [0, 0.05) is 32.0 Å². The fraction of sp³-hybridized carbons (Fsp3) is 0.444. The fourth-order valence-electron chi connectivity index (χ4n) is 1.04. The van der Waals surface area contributed by atoms with Crippen molar-refractivity contribution >= 4 is 21.6 Å². The highest BCUT2D eigenvalue weighted by atomic mass is 79.9. The van der Waals surface area contributed by atoms with E-state index in [9.17, 15) is 0 Å². The standard InChI is InChI=1S/C9H14BrN3/c1-11-5-6-13(2)8-3-4-12-9(10)7-8/h3-4,7,11H,5-6H2,1-2H3. The average molecular weight is 244 g/mol. The summed E-state index contributed by atoms with van der Waals surface area (Å²) in [5.74, 6) is 0. The normalized spacial score (nSPS) is 10.1. The summed E-state index contributed by atoms with van der Waals surface area (Å²) in [5.41, 5.74) is 1.18. The first kappa shape index (κ1) is 10.5. The van der Waals surface area contributed by atoms with Gasteiger partial charge in [-0.3, -0.25) is 0 Å². The van der Waals surface area contributed by atoms with Crippen molar-refractivity contribution in [1.82, 2.24) is 10.3 Å². The molecule has 0 aliphatic carbocycles. The smallest absolute Gasteiger partial charge is 0.108 e. The van der Waals surface area contributed by atoms with Gasteiger partial charge in [0.25, 0.3) is 0 Å². The van der Waals surface area contributed by atoms with Crippen molar-refractivity contribution in [3.63, 3.8) is 0 Å². The van der Waals surface area contributed by atoms with Crippen molar-refractivity contribution < 1.29 is 0 Å². The Morgan fingerprint density at radius 3 is 3.00 bits per heavy atom. The Labute approximate surface area is 87.3 Å². The van der Waals surface area contributed by atoms with Crippen molar-refractivity contribution in [1.29, 1.82) is 0 Å². The van der Waals surface area contributed by atoms with E-state index in [-0.39, 0.29) is 0 Å². The minimum absolute atomic E-state index is 0.876. The van der Waals surface area contributed by atoms with Gasteiger partial charge in [0.05, 0.1) is 0 Å². The van der Waals surface area contributed by atoms with Crippen LogP contribution in [0.25, 0.3) is 0 Å². The first-order chi connectivity index (χ1) is 6.24. The second-order valence-electron chi connectivity index (χ2n) is 2.86. The summed E-state index contributed by atoms with van der Waals surface area (Å²) in [6.45, 7) is 1.98. The van der Waals surface area contributed by atoms with Crippen molar-refractivity contribution in [2.75, 3.05) is 32.1 Å². The van der Waals surface area contributed by atoms with Crippen LogP contribution in [0, 0.1) is 0 Å². The lowest BCUT2D eigenvalue weighted by atomic mass is 10.3. The van der Waals surface area contributed by atoms with E-state index in [1.807, 2.05) is 19.2 Å². The Morgan fingerprint density at radius 2 is 2.38 bits per heavy atom. The van der Waals surface area contributed by atoms with Crippen LogP contribution in [0.15, 0.2) is 22.9 Å². The molecular formula is C9H14BrN3. The van der Waals surface area contributed by atoms with Gasteiger partial charge in [-0.05, 0) is 35.1 Å². The molecule has 4 heteroatoms. The second kappa shape index (κ2) is 5.19. The summed E-state index contributed by atoms with van der Waals surface area (Å²) in [4.78, 5) is 6.26. The van der Waals surface area contributed by atoms with Gasteiger partial charge in [0.2, 0.25) is 0 Å². The summed E-state index contributed by atoms with van der Waals surface area (Å²) in [6.07, 6.45) is 1.80. The van der Waals surface area contributed by atoms with Crippen LogP contribution in [0.3, 0.4) is 0 Å². The van der Waals surface area contributed by atoms with Crippen LogP contribution in [0.1, 0.15) is 0 Å². The lowest BCUT2D eigenvalue weighted by Crippen LogP contribution is -2.26. The number of hydrogen-bond acceptors (Lipinski definition) is 3. The molecule has 0 unspecified atom stereocenters. The molecule has 0 aromatic carbocycles. The van der Waals surface area contributed by atoms with Gasteiger partial charge in [-0.2, -0.15) is 0 Å². The molecule has 1 rings (SSSR count). The minimum atomic E-state index is 0.876. The third kappa shape index (κ3) is 3.32. The van der Waals surface area contributed by atoms with E-state index in [0.29, 0.717) is 0 Å². The van der Waals surface area contributed by atoms with Crippen LogP contribution in [-0.2, 0) is 0 Å². The van der Waals surface area contributed by atoms with Gasteiger partial charge in [-0.1, -0.05) is 0 Å². The summed E-state index contributed by atoms with van der Waals surface area (Å²) < 4.78 is 0.876. The zero-order chi connectivity index (χ0) is 9.68. The van der Waals surface area contributed by atoms with E-state index < -0.39 is 0 Å². The Kier molecular flexibility index (Phi) is 4.18. The molecule has 0 fully saturated rings. The molecular weight excluding hydrogens is 230 g/mol. The Morgan fingerprint density at radius 1 is 1.62 bits per heavy atom. The molecule has 1 aromatic heterocycles. The number of nitrogens with zero attached hydrogens (tertiary/aromatic N) is 2. The summed E-state index contributed by atoms with van der Waals surface area (Å²) in [6, 6.07) is 4.01. The maximum atomic E-state index is 4.08. The lowest BCUT2D eigenvalue weighted by molar-refractivity contribution is 0.767. The van der Waals surface area contributed by atoms with Crippen LogP contribution in [0.5, 0.6) is 0 Å². The maximum absolute atomic E-state index is 4.08. The van der Waals surface area contributed by atoms with Crippen molar-refractivity contribution in [3.8, 4) is 0 Å². The van der Waals surface area contributed by atoms with Gasteiger partial charge in [0.1, 0.15) is 4.60 Å². The molecule has 3 nitrogen and oxygen atoms in total. The molecule has 0 aliphatic heterocycles. The van der Waals surface area contributed by atoms with Crippen molar-refractivity contribution in [3.05, 3.63) is 22.9 Å². The number of rotatable bonds is 4. The van der Waals surface area contributed by atoms with Crippen LogP contribution < -0.4 is 10.2 Å². The molecule has 0 saturated heterocycles. The van der Waals surface area contributed by atoms with E-state index in [1.165, 1.54) is 5.69 Å². The zero-order valence-electron chi connectivity index (χ0n) is 7.92. The number of likely N-dealkylation sites (N-methyl/N-ethyl adjacent to an activating group) is 2. The van der Waals surface area contributed by atoms with Gasteiger partial charge in [-0.25, -0.2) is 4.98 Å². The lowest BCUT2D eigenvalue weighted by Gasteiger charge is -2.18. The first-order valence-electron chi connectivity index (χ1n) is 4.21. The van der Waals surface area contributed by atoms with Crippen LogP contribution in [0.2, 0.25) is 0 Å². The Balaban J connectivity index is 2.60. The van der Waals surface area contributed by atoms with Crippen LogP contribution in [0.4, 0.5) is 5.69 Å². The van der Waals surface area contributed by atoms with Crippen molar-refractivity contribution in [2.45, 2.75) is 0 Å². The molecule has 1 heterocycles. The largest absolute Gasteiger partial charge is 0.373 e. The SMILES string of the molecule is CNCCN(C)c1ccnc(Br)c1. The Bertz CT molecular complexity index is 265. The number of anilines is 1. The third-order valence-electron chi connectivity index (χ3n) is 1.85. The van der Waals surface area contributed by atoms with Gasteiger partial charge >= 0.3 is 0 Å². The second-order valence-corrected chi connectivity index (χ2v) is 3.67. The summed E-state index contributed by atoms with van der Waals surface area (Å²) in [7, 11) is 4.02. The fourth-order valence-corrected chi connectivity index (χ4v) is 1.39. The topological polar surface area (TPSA) is 28.2 Å². The quantitative estimate of drug-likeness (QED) is 0.813. The first-order valence-corrected chi connectivity index (χ1v) is 5.00. The highest BCUT2D eigenvalue weighted by Crippen LogP contribution is 2.15. The maximum Gasteiger partial charge on any atom is 0.108 e. The molecule has 0 atom stereocenters. The summed E-state index contributed by atoms with van der Waals surface area (Å²) >= 11 is 3.35. The monoisotopic (exact) mass is 243 g/mol. The molecule has 1 aromatic rings. The van der Waals surface area contributed by atoms with Gasteiger partial charge < -0.3 is 10.2 Å². The molecule has 13 heavy (non-hydrogen) atoms. The number of nitrogens with one attached hydrogen (secondary N) is 1. The Hall–Kier alpha value is -0.610. The third-order valence-corrected chi connectivity index (χ3v) is 2.28. The molecule has 0 saturated carbocycles. The van der Waals surface area contributed by atoms with E-state index >= 15 is 0 Å². The van der Waals surface area contributed by atoms with Gasteiger partial charge in [-0.15, -0.1) is 0 Å². The highest BCUT2D eigenvalue weighted by Gasteiger charge is 1.99. The van der Waals surface area contributed by atoms with E-state index in [2.05, 4.69) is 38.2 Å². The number of halogens is 1. The molecule has 0 bridgehead atoms. The average Bonchev–Trinajstić information content (AvgIpc) is 2.14. The van der Waals surface area contributed by atoms with E-state index in [0.717, 1.165) is 17.7 Å². The number of pyridine rings is 1. The molecule has 0 spiro atoms. The minimum Gasteiger partial charge on any atom is -0.373 e. The van der Waals surface area contributed by atoms with E-state index in [1.54, 1.807) is 6.20 Å². The molecule has 0 aliphatic rings. The number of hydrogen-bond donors (Lipinski definition) is 1. The predicted molar refractivity (Wildman–Crippen MR) is 59.1 cm³/mol. The molecule has 72 valence electrons.